The molecular formula is C30H23NO7S. The van der Waals surface area contributed by atoms with Gasteiger partial charge in [0.25, 0.3) is 0 Å². The number of aryl methyl sites for hydroxylation is 1. The van der Waals surface area contributed by atoms with Crippen molar-refractivity contribution in [1.29, 1.82) is 0 Å². The summed E-state index contributed by atoms with van der Waals surface area (Å²) in [7, 11) is 0. The van der Waals surface area contributed by atoms with Gasteiger partial charge in [-0.15, -0.1) is 0 Å². The minimum atomic E-state index is -1.15. The molecule has 0 saturated heterocycles. The maximum absolute atomic E-state index is 12.4. The second-order valence-electron chi connectivity index (χ2n) is 9.11. The van der Waals surface area contributed by atoms with Gasteiger partial charge in [0.1, 0.15) is 17.1 Å². The Balaban J connectivity index is 1.45. The summed E-state index contributed by atoms with van der Waals surface area (Å²) in [6.45, 7) is 0. The highest BCUT2D eigenvalue weighted by Crippen LogP contribution is 2.42. The standard InChI is InChI=1S/C30H23NO7S/c32-18-6-9-21-26(14-18)38-27-15-19(33)7-10-22(27)29(21)20-8-5-17(13-23(20)30(36)37)31-28(39)3-1-2-16-4-11-24(34)25(35)12-16/h4-15,32,34-35H,1-3H2,(H,31,39)(H,36,37). The number of rotatable bonds is 7. The number of thiocarbonyl (C=S) groups is 1. The third kappa shape index (κ3) is 5.39. The zero-order valence-electron chi connectivity index (χ0n) is 20.5. The lowest BCUT2D eigenvalue weighted by atomic mass is 9.90. The van der Waals surface area contributed by atoms with E-state index >= 15 is 0 Å². The quantitative estimate of drug-likeness (QED) is 0.0933. The number of carbonyl (C=O) groups is 1. The van der Waals surface area contributed by atoms with E-state index in [1.54, 1.807) is 30.3 Å². The Hall–Kier alpha value is -4.89. The van der Waals surface area contributed by atoms with Crippen LogP contribution in [-0.2, 0) is 6.42 Å². The molecule has 5 N–H and O–H groups in total. The van der Waals surface area contributed by atoms with Gasteiger partial charge in [-0.2, -0.15) is 0 Å². The van der Waals surface area contributed by atoms with Crippen molar-refractivity contribution in [3.8, 4) is 39.7 Å². The molecule has 3 aromatic rings. The third-order valence-electron chi connectivity index (χ3n) is 6.39. The van der Waals surface area contributed by atoms with Crippen molar-refractivity contribution in [2.24, 2.45) is 0 Å². The lowest BCUT2D eigenvalue weighted by Crippen LogP contribution is -2.11. The van der Waals surface area contributed by atoms with Gasteiger partial charge in [0.15, 0.2) is 16.9 Å². The molecule has 9 heteroatoms. The van der Waals surface area contributed by atoms with Crippen LogP contribution in [0.5, 0.6) is 17.2 Å². The highest BCUT2D eigenvalue weighted by atomic mass is 32.1. The highest BCUT2D eigenvalue weighted by Gasteiger charge is 2.22. The van der Waals surface area contributed by atoms with Crippen LogP contribution in [0.1, 0.15) is 28.8 Å². The first-order valence-corrected chi connectivity index (χ1v) is 12.5. The molecule has 0 spiro atoms. The molecule has 1 heterocycles. The van der Waals surface area contributed by atoms with Crippen molar-refractivity contribution >= 4 is 39.8 Å². The van der Waals surface area contributed by atoms with Gasteiger partial charge in [0, 0.05) is 34.3 Å². The molecule has 1 aliphatic carbocycles. The summed E-state index contributed by atoms with van der Waals surface area (Å²) in [5, 5.41) is 42.9. The van der Waals surface area contributed by atoms with Crippen molar-refractivity contribution in [1.82, 2.24) is 0 Å². The molecule has 2 aliphatic rings. The SMILES string of the molecule is O=C(O)c1cc(NC(=S)CCCc2ccc(O)c(O)c2)ccc1-c1c2ccc(=O)cc-2oc2cc(O)ccc12. The fraction of sp³-hybridized carbons (Fsp3) is 0.100. The van der Waals surface area contributed by atoms with Crippen LogP contribution in [0.4, 0.5) is 5.69 Å². The Bertz CT molecular complexity index is 1780. The number of anilines is 1. The van der Waals surface area contributed by atoms with E-state index in [9.17, 15) is 30.0 Å². The molecule has 196 valence electrons. The number of aromatic hydroxyl groups is 3. The predicted octanol–water partition coefficient (Wildman–Crippen LogP) is 6.14. The van der Waals surface area contributed by atoms with Crippen LogP contribution >= 0.6 is 12.2 Å². The molecule has 5 rings (SSSR count). The summed E-state index contributed by atoms with van der Waals surface area (Å²) in [6.07, 6.45) is 1.84. The van der Waals surface area contributed by atoms with Crippen LogP contribution in [0.25, 0.3) is 33.4 Å². The highest BCUT2D eigenvalue weighted by molar-refractivity contribution is 7.80. The zero-order chi connectivity index (χ0) is 27.7. The number of fused-ring (bicyclic) bond motifs is 2. The molecule has 1 aliphatic heterocycles. The number of phenols is 3. The molecule has 3 aromatic carbocycles. The largest absolute Gasteiger partial charge is 0.508 e. The van der Waals surface area contributed by atoms with Gasteiger partial charge in [-0.3, -0.25) is 4.79 Å². The van der Waals surface area contributed by atoms with Crippen molar-refractivity contribution in [3.05, 3.63) is 94.1 Å². The normalized spacial score (nSPS) is 11.1. The molecule has 0 fully saturated rings. The molecule has 0 saturated carbocycles. The fourth-order valence-corrected chi connectivity index (χ4v) is 4.83. The minimum Gasteiger partial charge on any atom is -0.508 e. The number of carboxylic acid groups (broad SMARTS) is 1. The van der Waals surface area contributed by atoms with Crippen LogP contribution in [-0.4, -0.2) is 31.4 Å². The van der Waals surface area contributed by atoms with Crippen LogP contribution in [0.15, 0.2) is 82.0 Å². The second kappa shape index (κ2) is 10.5. The van der Waals surface area contributed by atoms with Gasteiger partial charge in [-0.05, 0) is 78.9 Å². The molecule has 0 atom stereocenters. The molecular weight excluding hydrogens is 518 g/mol. The summed E-state index contributed by atoms with van der Waals surface area (Å²) in [5.41, 5.74) is 2.99. The van der Waals surface area contributed by atoms with E-state index in [1.165, 1.54) is 42.5 Å². The van der Waals surface area contributed by atoms with Gasteiger partial charge in [-0.25, -0.2) is 4.79 Å². The van der Waals surface area contributed by atoms with Crippen molar-refractivity contribution in [2.75, 3.05) is 5.32 Å². The van der Waals surface area contributed by atoms with Gasteiger partial charge in [-0.1, -0.05) is 24.4 Å². The van der Waals surface area contributed by atoms with E-state index < -0.39 is 5.97 Å². The zero-order valence-corrected chi connectivity index (χ0v) is 21.3. The first-order chi connectivity index (χ1) is 18.7. The molecule has 0 bridgehead atoms. The lowest BCUT2D eigenvalue weighted by molar-refractivity contribution is 0.0697. The number of aromatic carboxylic acids is 1. The first kappa shape index (κ1) is 25.7. The van der Waals surface area contributed by atoms with E-state index in [1.807, 2.05) is 0 Å². The Morgan fingerprint density at radius 1 is 0.872 bits per heavy atom. The first-order valence-electron chi connectivity index (χ1n) is 12.1. The van der Waals surface area contributed by atoms with Crippen LogP contribution in [0.3, 0.4) is 0 Å². The fourth-order valence-electron chi connectivity index (χ4n) is 4.57. The summed E-state index contributed by atoms with van der Waals surface area (Å²) < 4.78 is 5.87. The number of hydrogen-bond donors (Lipinski definition) is 5. The monoisotopic (exact) mass is 541 g/mol. The smallest absolute Gasteiger partial charge is 0.336 e. The van der Waals surface area contributed by atoms with E-state index in [2.05, 4.69) is 5.32 Å². The molecule has 8 nitrogen and oxygen atoms in total. The predicted molar refractivity (Wildman–Crippen MR) is 152 cm³/mol. The van der Waals surface area contributed by atoms with Gasteiger partial charge >= 0.3 is 5.97 Å². The summed E-state index contributed by atoms with van der Waals surface area (Å²) in [6, 6.07) is 18.5. The number of phenolic OH excluding ortho intramolecular Hbond substituents is 3. The average Bonchev–Trinajstić information content (AvgIpc) is 2.89. The Kier molecular flexibility index (Phi) is 6.91. The summed E-state index contributed by atoms with van der Waals surface area (Å²) in [5.74, 6) is -1.24. The number of hydrogen-bond acceptors (Lipinski definition) is 7. The van der Waals surface area contributed by atoms with Crippen LogP contribution < -0.4 is 10.7 Å². The summed E-state index contributed by atoms with van der Waals surface area (Å²) in [4.78, 5) is 24.9. The summed E-state index contributed by atoms with van der Waals surface area (Å²) >= 11 is 5.47. The number of nitrogens with one attached hydrogen (secondary N) is 1. The molecule has 39 heavy (non-hydrogen) atoms. The van der Waals surface area contributed by atoms with E-state index in [-0.39, 0.29) is 34.0 Å². The minimum absolute atomic E-state index is 0.0236. The van der Waals surface area contributed by atoms with Gasteiger partial charge < -0.3 is 30.2 Å². The topological polar surface area (TPSA) is 140 Å². The molecule has 0 amide bonds. The Morgan fingerprint density at radius 3 is 2.44 bits per heavy atom. The average molecular weight is 542 g/mol. The van der Waals surface area contributed by atoms with Crippen molar-refractivity contribution < 1.29 is 29.6 Å². The van der Waals surface area contributed by atoms with Crippen molar-refractivity contribution in [3.63, 3.8) is 0 Å². The maximum Gasteiger partial charge on any atom is 0.336 e. The Labute approximate surface area is 227 Å². The lowest BCUT2D eigenvalue weighted by Gasteiger charge is -2.18. The van der Waals surface area contributed by atoms with E-state index in [0.717, 1.165) is 5.56 Å². The second-order valence-corrected chi connectivity index (χ2v) is 9.60. The third-order valence-corrected chi connectivity index (χ3v) is 6.70. The van der Waals surface area contributed by atoms with Crippen LogP contribution in [0.2, 0.25) is 0 Å². The van der Waals surface area contributed by atoms with Gasteiger partial charge in [0.05, 0.1) is 10.6 Å². The molecule has 0 radical (unpaired) electrons. The van der Waals surface area contributed by atoms with Gasteiger partial charge in [0.2, 0.25) is 0 Å². The Morgan fingerprint density at radius 2 is 1.67 bits per heavy atom. The number of carboxylic acids is 1. The molecule has 0 unspecified atom stereocenters. The number of benzene rings is 4. The van der Waals surface area contributed by atoms with E-state index in [4.69, 9.17) is 16.6 Å². The maximum atomic E-state index is 12.4. The molecule has 0 aromatic heterocycles. The van der Waals surface area contributed by atoms with Crippen molar-refractivity contribution in [2.45, 2.75) is 19.3 Å². The van der Waals surface area contributed by atoms with E-state index in [0.29, 0.717) is 57.6 Å². The van der Waals surface area contributed by atoms with Crippen LogP contribution in [0, 0.1) is 0 Å².